The fourth-order valence-electron chi connectivity index (χ4n) is 3.34. The third kappa shape index (κ3) is 2.96. The lowest BCUT2D eigenvalue weighted by Gasteiger charge is -2.24. The number of hydrogen-bond donors (Lipinski definition) is 0. The van der Waals surface area contributed by atoms with Gasteiger partial charge in [-0.05, 0) is 44.0 Å². The molecule has 1 fully saturated rings. The van der Waals surface area contributed by atoms with Crippen molar-refractivity contribution in [1.82, 2.24) is 24.4 Å². The molecule has 1 saturated heterocycles. The van der Waals surface area contributed by atoms with Gasteiger partial charge >= 0.3 is 0 Å². The Balaban J connectivity index is 1.63. The van der Waals surface area contributed by atoms with E-state index in [0.717, 1.165) is 24.4 Å². The molecule has 0 aliphatic carbocycles. The first-order valence-corrected chi connectivity index (χ1v) is 8.52. The molecule has 26 heavy (non-hydrogen) atoms. The molecule has 4 rings (SSSR count). The number of benzene rings is 1. The lowest BCUT2D eigenvalue weighted by molar-refractivity contribution is 0.0732. The Labute approximate surface area is 150 Å². The highest BCUT2D eigenvalue weighted by atomic mass is 19.1. The minimum absolute atomic E-state index is 0.112. The minimum Gasteiger partial charge on any atom is -0.330 e. The summed E-state index contributed by atoms with van der Waals surface area (Å²) in [6, 6.07) is 5.51. The van der Waals surface area contributed by atoms with Crippen LogP contribution in [0.25, 0.3) is 5.82 Å². The zero-order valence-corrected chi connectivity index (χ0v) is 14.3. The second-order valence-corrected chi connectivity index (χ2v) is 6.31. The van der Waals surface area contributed by atoms with Crippen molar-refractivity contribution in [3.8, 4) is 5.82 Å². The zero-order chi connectivity index (χ0) is 18.1. The summed E-state index contributed by atoms with van der Waals surface area (Å²) in [6.07, 6.45) is 8.65. The standard InChI is InChI=1S/C19H18FN5O/c1-13-22-8-10-24(13)18-12-21-11-16(23-18)17-3-2-9-25(17)19(26)14-4-6-15(20)7-5-14/h4-8,10-12,17H,2-3,9H2,1H3. The molecule has 0 N–H and O–H groups in total. The number of aryl methyl sites for hydroxylation is 1. The van der Waals surface area contributed by atoms with Gasteiger partial charge in [0.1, 0.15) is 11.6 Å². The Morgan fingerprint density at radius 1 is 1.23 bits per heavy atom. The summed E-state index contributed by atoms with van der Waals surface area (Å²) in [7, 11) is 0. The quantitative estimate of drug-likeness (QED) is 0.727. The molecule has 0 bridgehead atoms. The van der Waals surface area contributed by atoms with Gasteiger partial charge in [0.25, 0.3) is 5.91 Å². The smallest absolute Gasteiger partial charge is 0.254 e. The van der Waals surface area contributed by atoms with E-state index in [9.17, 15) is 9.18 Å². The van der Waals surface area contributed by atoms with Gasteiger partial charge in [0.05, 0.1) is 24.1 Å². The first-order chi connectivity index (χ1) is 12.6. The van der Waals surface area contributed by atoms with Crippen LogP contribution in [0.2, 0.25) is 0 Å². The molecular formula is C19H18FN5O. The highest BCUT2D eigenvalue weighted by molar-refractivity contribution is 5.94. The maximum atomic E-state index is 13.1. The maximum Gasteiger partial charge on any atom is 0.254 e. The van der Waals surface area contributed by atoms with Crippen molar-refractivity contribution in [3.63, 3.8) is 0 Å². The van der Waals surface area contributed by atoms with Crippen molar-refractivity contribution in [2.24, 2.45) is 0 Å². The molecule has 0 spiro atoms. The van der Waals surface area contributed by atoms with E-state index in [1.165, 1.54) is 24.3 Å². The van der Waals surface area contributed by atoms with E-state index in [2.05, 4.69) is 9.97 Å². The fraction of sp³-hybridized carbons (Fsp3) is 0.263. The summed E-state index contributed by atoms with van der Waals surface area (Å²) < 4.78 is 15.0. The lowest BCUT2D eigenvalue weighted by Crippen LogP contribution is -2.31. The van der Waals surface area contributed by atoms with Crippen molar-refractivity contribution in [2.45, 2.75) is 25.8 Å². The van der Waals surface area contributed by atoms with Crippen LogP contribution in [-0.4, -0.2) is 36.9 Å². The fourth-order valence-corrected chi connectivity index (χ4v) is 3.34. The molecule has 1 aliphatic heterocycles. The molecule has 1 aromatic carbocycles. The average molecular weight is 351 g/mol. The summed E-state index contributed by atoms with van der Waals surface area (Å²) in [5.41, 5.74) is 1.23. The van der Waals surface area contributed by atoms with E-state index in [1.807, 2.05) is 17.7 Å². The summed E-state index contributed by atoms with van der Waals surface area (Å²) in [6.45, 7) is 2.55. The van der Waals surface area contributed by atoms with Gasteiger partial charge in [0.2, 0.25) is 0 Å². The van der Waals surface area contributed by atoms with Crippen molar-refractivity contribution in [2.75, 3.05) is 6.54 Å². The number of likely N-dealkylation sites (tertiary alicyclic amines) is 1. The monoisotopic (exact) mass is 351 g/mol. The van der Waals surface area contributed by atoms with Crippen LogP contribution in [0.5, 0.6) is 0 Å². The molecule has 3 heterocycles. The highest BCUT2D eigenvalue weighted by Crippen LogP contribution is 2.32. The Morgan fingerprint density at radius 2 is 2.04 bits per heavy atom. The third-order valence-corrected chi connectivity index (χ3v) is 4.66. The number of carbonyl (C=O) groups excluding carboxylic acids is 1. The molecule has 132 valence electrons. The van der Waals surface area contributed by atoms with Crippen LogP contribution in [0.3, 0.4) is 0 Å². The van der Waals surface area contributed by atoms with Gasteiger partial charge in [-0.2, -0.15) is 0 Å². The molecule has 3 aromatic rings. The molecule has 6 nitrogen and oxygen atoms in total. The Morgan fingerprint density at radius 3 is 2.77 bits per heavy atom. The largest absolute Gasteiger partial charge is 0.330 e. The SMILES string of the molecule is Cc1nccn1-c1cncc(C2CCCN2C(=O)c2ccc(F)cc2)n1. The van der Waals surface area contributed by atoms with E-state index >= 15 is 0 Å². The van der Waals surface area contributed by atoms with Crippen LogP contribution in [0.4, 0.5) is 4.39 Å². The summed E-state index contributed by atoms with van der Waals surface area (Å²) in [5, 5.41) is 0. The van der Waals surface area contributed by atoms with Crippen LogP contribution < -0.4 is 0 Å². The minimum atomic E-state index is -0.353. The number of imidazole rings is 1. The number of carbonyl (C=O) groups is 1. The molecule has 2 aromatic heterocycles. The number of amides is 1. The second-order valence-electron chi connectivity index (χ2n) is 6.31. The third-order valence-electron chi connectivity index (χ3n) is 4.66. The van der Waals surface area contributed by atoms with Gasteiger partial charge in [-0.25, -0.2) is 14.4 Å². The van der Waals surface area contributed by atoms with Gasteiger partial charge in [0, 0.05) is 24.5 Å². The van der Waals surface area contributed by atoms with Gasteiger partial charge in [-0.1, -0.05) is 0 Å². The molecular weight excluding hydrogens is 333 g/mol. The lowest BCUT2D eigenvalue weighted by atomic mass is 10.1. The van der Waals surface area contributed by atoms with E-state index in [1.54, 1.807) is 23.5 Å². The van der Waals surface area contributed by atoms with E-state index < -0.39 is 0 Å². The Bertz CT molecular complexity index is 937. The highest BCUT2D eigenvalue weighted by Gasteiger charge is 2.32. The Hall–Kier alpha value is -3.09. The summed E-state index contributed by atoms with van der Waals surface area (Å²) in [4.78, 5) is 27.9. The van der Waals surface area contributed by atoms with Crippen molar-refractivity contribution < 1.29 is 9.18 Å². The molecule has 1 atom stereocenters. The number of aromatic nitrogens is 4. The van der Waals surface area contributed by atoms with Gasteiger partial charge in [-0.3, -0.25) is 14.3 Å². The average Bonchev–Trinajstić information content (AvgIpc) is 3.31. The molecule has 1 aliphatic rings. The second kappa shape index (κ2) is 6.67. The van der Waals surface area contributed by atoms with Gasteiger partial charge < -0.3 is 4.90 Å². The normalized spacial score (nSPS) is 16.8. The van der Waals surface area contributed by atoms with Crippen molar-refractivity contribution >= 4 is 5.91 Å². The maximum absolute atomic E-state index is 13.1. The number of hydrogen-bond acceptors (Lipinski definition) is 4. The molecule has 0 saturated carbocycles. The van der Waals surface area contributed by atoms with Crippen LogP contribution in [0.15, 0.2) is 49.1 Å². The van der Waals surface area contributed by atoms with Crippen molar-refractivity contribution in [3.05, 3.63) is 72.0 Å². The molecule has 7 heteroatoms. The predicted octanol–water partition coefficient (Wildman–Crippen LogP) is 3.09. The van der Waals surface area contributed by atoms with Gasteiger partial charge in [0.15, 0.2) is 5.82 Å². The predicted molar refractivity (Wildman–Crippen MR) is 93.3 cm³/mol. The van der Waals surface area contributed by atoms with E-state index in [0.29, 0.717) is 17.9 Å². The first kappa shape index (κ1) is 16.4. The molecule has 1 unspecified atom stereocenters. The van der Waals surface area contributed by atoms with E-state index in [-0.39, 0.29) is 17.8 Å². The number of nitrogens with zero attached hydrogens (tertiary/aromatic N) is 5. The Kier molecular flexibility index (Phi) is 4.20. The van der Waals surface area contributed by atoms with Crippen LogP contribution in [0.1, 0.15) is 40.8 Å². The molecule has 0 radical (unpaired) electrons. The number of halogens is 1. The van der Waals surface area contributed by atoms with Gasteiger partial charge in [-0.15, -0.1) is 0 Å². The van der Waals surface area contributed by atoms with E-state index in [4.69, 9.17) is 4.98 Å². The first-order valence-electron chi connectivity index (χ1n) is 8.52. The van der Waals surface area contributed by atoms with Crippen LogP contribution in [0, 0.1) is 12.7 Å². The number of rotatable bonds is 3. The van der Waals surface area contributed by atoms with Crippen molar-refractivity contribution in [1.29, 1.82) is 0 Å². The van der Waals surface area contributed by atoms with Crippen LogP contribution in [-0.2, 0) is 0 Å². The molecule has 1 amide bonds. The summed E-state index contributed by atoms with van der Waals surface area (Å²) in [5.74, 6) is 1.04. The topological polar surface area (TPSA) is 63.9 Å². The zero-order valence-electron chi connectivity index (χ0n) is 14.3. The summed E-state index contributed by atoms with van der Waals surface area (Å²) >= 11 is 0. The van der Waals surface area contributed by atoms with Crippen LogP contribution >= 0.6 is 0 Å².